The Morgan fingerprint density at radius 1 is 0.821 bits per heavy atom. The van der Waals surface area contributed by atoms with Crippen molar-refractivity contribution in [3.63, 3.8) is 0 Å². The number of ether oxygens (including phenoxy) is 1. The number of hydrazone groups is 1. The first-order valence-electron chi connectivity index (χ1n) is 13.2. The van der Waals surface area contributed by atoms with Crippen LogP contribution in [0.15, 0.2) is 96.1 Å². The van der Waals surface area contributed by atoms with Gasteiger partial charge in [-0.15, -0.1) is 12.4 Å². The van der Waals surface area contributed by atoms with Crippen LogP contribution in [-0.2, 0) is 13.0 Å². The maximum Gasteiger partial charge on any atom is 0.345 e. The normalized spacial score (nSPS) is 13.0. The zero-order valence-electron chi connectivity index (χ0n) is 22.3. The SMILES string of the molecule is COc1ccc(CCC2=NN(CCCCN)C(=O)N(Cc3ccc4ccccc4c3)c3ccccc32)cc1.Cl. The molecule has 4 aromatic carbocycles. The number of halogens is 1. The highest BCUT2D eigenvalue weighted by Gasteiger charge is 2.29. The zero-order chi connectivity index (χ0) is 26.3. The van der Waals surface area contributed by atoms with E-state index in [0.717, 1.165) is 52.9 Å². The van der Waals surface area contributed by atoms with Gasteiger partial charge in [-0.1, -0.05) is 66.7 Å². The Kier molecular flexibility index (Phi) is 9.58. The van der Waals surface area contributed by atoms with Gasteiger partial charge in [-0.2, -0.15) is 5.10 Å². The van der Waals surface area contributed by atoms with Gasteiger partial charge in [-0.05, 0) is 78.4 Å². The van der Waals surface area contributed by atoms with Gasteiger partial charge < -0.3 is 10.5 Å². The number of nitrogens with two attached hydrogens (primary N) is 1. The Hall–Kier alpha value is -3.87. The van der Waals surface area contributed by atoms with Crippen LogP contribution in [0.2, 0.25) is 0 Å². The summed E-state index contributed by atoms with van der Waals surface area (Å²) in [4.78, 5) is 15.8. The number of unbranched alkanes of at least 4 members (excludes halogenated alkanes) is 1. The van der Waals surface area contributed by atoms with E-state index in [1.54, 1.807) is 12.1 Å². The van der Waals surface area contributed by atoms with E-state index in [1.165, 1.54) is 10.9 Å². The maximum atomic E-state index is 14.0. The number of rotatable bonds is 10. The number of hydrogen-bond acceptors (Lipinski definition) is 4. The number of para-hydroxylation sites is 1. The number of carbonyl (C=O) groups is 1. The summed E-state index contributed by atoms with van der Waals surface area (Å²) in [6.07, 6.45) is 3.18. The van der Waals surface area contributed by atoms with Crippen molar-refractivity contribution in [2.45, 2.75) is 32.2 Å². The van der Waals surface area contributed by atoms with Crippen LogP contribution >= 0.6 is 12.4 Å². The fourth-order valence-electron chi connectivity index (χ4n) is 4.90. The molecular weight excluding hydrogens is 508 g/mol. The Morgan fingerprint density at radius 2 is 1.54 bits per heavy atom. The van der Waals surface area contributed by atoms with E-state index >= 15 is 0 Å². The molecule has 1 aliphatic heterocycles. The molecule has 0 spiro atoms. The predicted molar refractivity (Wildman–Crippen MR) is 162 cm³/mol. The summed E-state index contributed by atoms with van der Waals surface area (Å²) in [6, 6.07) is 30.8. The maximum absolute atomic E-state index is 14.0. The van der Waals surface area contributed by atoms with Crippen molar-refractivity contribution in [1.82, 2.24) is 5.01 Å². The summed E-state index contributed by atoms with van der Waals surface area (Å²) in [5.74, 6) is 0.840. The molecule has 6 nitrogen and oxygen atoms in total. The van der Waals surface area contributed by atoms with E-state index in [9.17, 15) is 4.79 Å². The van der Waals surface area contributed by atoms with Crippen LogP contribution in [0.3, 0.4) is 0 Å². The fourth-order valence-corrected chi connectivity index (χ4v) is 4.90. The minimum Gasteiger partial charge on any atom is -0.497 e. The number of urea groups is 1. The van der Waals surface area contributed by atoms with Crippen LogP contribution in [0.4, 0.5) is 10.5 Å². The number of aryl methyl sites for hydroxylation is 1. The topological polar surface area (TPSA) is 71.2 Å². The van der Waals surface area contributed by atoms with Crippen LogP contribution in [-0.4, -0.2) is 37.0 Å². The van der Waals surface area contributed by atoms with Crippen LogP contribution in [0.1, 0.15) is 36.0 Å². The molecule has 0 atom stereocenters. The molecule has 202 valence electrons. The average molecular weight is 543 g/mol. The highest BCUT2D eigenvalue weighted by Crippen LogP contribution is 2.30. The summed E-state index contributed by atoms with van der Waals surface area (Å²) in [5.41, 5.74) is 10.8. The fraction of sp³-hybridized carbons (Fsp3) is 0.250. The third kappa shape index (κ3) is 6.59. The van der Waals surface area contributed by atoms with E-state index in [0.29, 0.717) is 26.1 Å². The lowest BCUT2D eigenvalue weighted by atomic mass is 9.99. The molecule has 0 fully saturated rings. The van der Waals surface area contributed by atoms with Crippen molar-refractivity contribution < 1.29 is 9.53 Å². The lowest BCUT2D eigenvalue weighted by molar-refractivity contribution is 0.206. The van der Waals surface area contributed by atoms with E-state index < -0.39 is 0 Å². The Labute approximate surface area is 236 Å². The number of anilines is 1. The minimum absolute atomic E-state index is 0. The molecule has 39 heavy (non-hydrogen) atoms. The second-order valence-electron chi connectivity index (χ2n) is 9.58. The van der Waals surface area contributed by atoms with E-state index in [2.05, 4.69) is 48.5 Å². The third-order valence-corrected chi connectivity index (χ3v) is 6.99. The number of amides is 2. The second-order valence-corrected chi connectivity index (χ2v) is 9.58. The molecule has 4 aromatic rings. The van der Waals surface area contributed by atoms with Gasteiger partial charge in [0, 0.05) is 12.1 Å². The highest BCUT2D eigenvalue weighted by molar-refractivity contribution is 6.10. The van der Waals surface area contributed by atoms with E-state index in [1.807, 2.05) is 47.4 Å². The lowest BCUT2D eigenvalue weighted by Gasteiger charge is -2.27. The number of carbonyl (C=O) groups excluding carboxylic acids is 1. The molecular formula is C32H35ClN4O2. The van der Waals surface area contributed by atoms with Crippen LogP contribution in [0, 0.1) is 0 Å². The first kappa shape index (κ1) is 28.1. The number of nitrogens with zero attached hydrogens (tertiary/aromatic N) is 3. The molecule has 0 bridgehead atoms. The van der Waals surface area contributed by atoms with Gasteiger partial charge in [0.25, 0.3) is 0 Å². The van der Waals surface area contributed by atoms with E-state index in [4.69, 9.17) is 15.6 Å². The van der Waals surface area contributed by atoms with Gasteiger partial charge in [0.05, 0.1) is 25.1 Å². The molecule has 0 aliphatic carbocycles. The van der Waals surface area contributed by atoms with Crippen LogP contribution in [0.25, 0.3) is 10.8 Å². The second kappa shape index (κ2) is 13.3. The average Bonchev–Trinajstić information content (AvgIpc) is 3.07. The lowest BCUT2D eigenvalue weighted by Crippen LogP contribution is -2.40. The monoisotopic (exact) mass is 542 g/mol. The quantitative estimate of drug-likeness (QED) is 0.224. The molecule has 7 heteroatoms. The van der Waals surface area contributed by atoms with Crippen molar-refractivity contribution in [1.29, 1.82) is 0 Å². The number of methoxy groups -OCH3 is 1. The van der Waals surface area contributed by atoms with Crippen LogP contribution < -0.4 is 15.4 Å². The van der Waals surface area contributed by atoms with Crippen molar-refractivity contribution in [3.05, 3.63) is 108 Å². The zero-order valence-corrected chi connectivity index (χ0v) is 23.1. The molecule has 1 aliphatic rings. The number of hydrogen-bond donors (Lipinski definition) is 1. The molecule has 5 rings (SSSR count). The number of fused-ring (bicyclic) bond motifs is 2. The molecule has 1 heterocycles. The Morgan fingerprint density at radius 3 is 2.31 bits per heavy atom. The van der Waals surface area contributed by atoms with Crippen molar-refractivity contribution >= 4 is 40.6 Å². The van der Waals surface area contributed by atoms with Gasteiger partial charge in [-0.25, -0.2) is 9.80 Å². The molecule has 0 saturated heterocycles. The summed E-state index contributed by atoms with van der Waals surface area (Å²) in [6.45, 7) is 1.59. The Balaban J connectivity index is 0.00000353. The predicted octanol–water partition coefficient (Wildman–Crippen LogP) is 6.79. The first-order valence-corrected chi connectivity index (χ1v) is 13.2. The van der Waals surface area contributed by atoms with Gasteiger partial charge >= 0.3 is 6.03 Å². The molecule has 2 N–H and O–H groups in total. The minimum atomic E-state index is -0.109. The van der Waals surface area contributed by atoms with Crippen molar-refractivity contribution in [2.75, 3.05) is 25.1 Å². The summed E-state index contributed by atoms with van der Waals surface area (Å²) in [7, 11) is 1.67. The molecule has 0 unspecified atom stereocenters. The van der Waals surface area contributed by atoms with Crippen LogP contribution in [0.5, 0.6) is 5.75 Å². The van der Waals surface area contributed by atoms with Gasteiger partial charge in [0.2, 0.25) is 0 Å². The molecule has 0 saturated carbocycles. The first-order chi connectivity index (χ1) is 18.7. The largest absolute Gasteiger partial charge is 0.497 e. The van der Waals surface area contributed by atoms with Crippen molar-refractivity contribution in [3.8, 4) is 5.75 Å². The molecule has 2 amide bonds. The third-order valence-electron chi connectivity index (χ3n) is 6.99. The summed E-state index contributed by atoms with van der Waals surface area (Å²) in [5, 5.41) is 8.94. The molecule has 0 radical (unpaired) electrons. The summed E-state index contributed by atoms with van der Waals surface area (Å²) < 4.78 is 5.30. The van der Waals surface area contributed by atoms with Gasteiger partial charge in [0.1, 0.15) is 5.75 Å². The summed E-state index contributed by atoms with van der Waals surface area (Å²) >= 11 is 0. The van der Waals surface area contributed by atoms with Crippen molar-refractivity contribution in [2.24, 2.45) is 10.8 Å². The molecule has 0 aromatic heterocycles. The van der Waals surface area contributed by atoms with Gasteiger partial charge in [-0.3, -0.25) is 4.90 Å². The smallest absolute Gasteiger partial charge is 0.345 e. The van der Waals surface area contributed by atoms with E-state index in [-0.39, 0.29) is 18.4 Å². The number of benzene rings is 4. The highest BCUT2D eigenvalue weighted by atomic mass is 35.5. The standard InChI is InChI=1S/C32H34N4O2.ClH/c1-38-28-17-13-24(14-18-28)15-19-30-29-10-4-5-11-31(29)35(32(37)36(34-30)21-7-6-20-33)23-25-12-16-26-8-2-3-9-27(26)22-25;/h2-5,8-14,16-18,22H,6-7,15,19-21,23,33H2,1H3;1H. The van der Waals surface area contributed by atoms with Gasteiger partial charge in [0.15, 0.2) is 0 Å². The Bertz CT molecular complexity index is 1440.